The van der Waals surface area contributed by atoms with Gasteiger partial charge in [-0.25, -0.2) is 4.79 Å². The van der Waals surface area contributed by atoms with Crippen LogP contribution in [0.1, 0.15) is 11.6 Å². The number of carboxylic acids is 1. The van der Waals surface area contributed by atoms with Crippen LogP contribution in [-0.4, -0.2) is 56.4 Å². The van der Waals surface area contributed by atoms with Crippen LogP contribution in [0, 0.1) is 0 Å². The third kappa shape index (κ3) is 2.85. The van der Waals surface area contributed by atoms with Gasteiger partial charge >= 0.3 is 5.97 Å². The Morgan fingerprint density at radius 2 is 2.04 bits per heavy atom. The summed E-state index contributed by atoms with van der Waals surface area (Å²) in [7, 11) is 0. The van der Waals surface area contributed by atoms with Crippen LogP contribution in [0.5, 0.6) is 0 Å². The van der Waals surface area contributed by atoms with E-state index in [-0.39, 0.29) is 0 Å². The van der Waals surface area contributed by atoms with Crippen LogP contribution in [0.4, 0.5) is 0 Å². The highest BCUT2D eigenvalue weighted by atomic mass is 35.5. The Morgan fingerprint density at radius 3 is 2.67 bits per heavy atom. The molecular weight excluding hydrogens is 354 g/mol. The molecule has 0 aromatic heterocycles. The van der Waals surface area contributed by atoms with Crippen LogP contribution in [0.2, 0.25) is 0 Å². The summed E-state index contributed by atoms with van der Waals surface area (Å²) in [5.41, 5.74) is 6.56. The van der Waals surface area contributed by atoms with Crippen molar-refractivity contribution in [2.45, 2.75) is 28.9 Å². The van der Waals surface area contributed by atoms with Crippen LogP contribution >= 0.6 is 23.4 Å². The SMILES string of the molecule is N[C@@H](C(=O)N[C@@H]1C(=O)N2C(C(=O)O)C(Cl)CS[C@H]12)c1ccccc1. The number of nitrogens with zero attached hydrogens (tertiary/aromatic N) is 1. The summed E-state index contributed by atoms with van der Waals surface area (Å²) >= 11 is 7.38. The van der Waals surface area contributed by atoms with E-state index < -0.39 is 46.7 Å². The van der Waals surface area contributed by atoms with Gasteiger partial charge in [-0.3, -0.25) is 9.59 Å². The number of nitrogens with one attached hydrogen (secondary N) is 1. The number of amides is 2. The smallest absolute Gasteiger partial charge is 0.328 e. The van der Waals surface area contributed by atoms with E-state index in [2.05, 4.69) is 5.32 Å². The maximum absolute atomic E-state index is 12.3. The molecule has 3 rings (SSSR count). The van der Waals surface area contributed by atoms with Gasteiger partial charge in [0.05, 0.1) is 5.38 Å². The average molecular weight is 370 g/mol. The van der Waals surface area contributed by atoms with Crippen molar-refractivity contribution in [1.29, 1.82) is 0 Å². The van der Waals surface area contributed by atoms with Gasteiger partial charge in [-0.05, 0) is 5.56 Å². The van der Waals surface area contributed by atoms with Crippen molar-refractivity contribution in [1.82, 2.24) is 10.2 Å². The Bertz CT molecular complexity index is 674. The summed E-state index contributed by atoms with van der Waals surface area (Å²) in [6.07, 6.45) is 0. The van der Waals surface area contributed by atoms with E-state index in [1.54, 1.807) is 24.3 Å². The number of aliphatic carboxylic acids is 1. The Morgan fingerprint density at radius 1 is 1.38 bits per heavy atom. The molecule has 9 heteroatoms. The number of rotatable bonds is 4. The van der Waals surface area contributed by atoms with Crippen LogP contribution in [0.3, 0.4) is 0 Å². The third-order valence-electron chi connectivity index (χ3n) is 4.14. The van der Waals surface area contributed by atoms with Crippen molar-refractivity contribution in [3.05, 3.63) is 35.9 Å². The molecule has 4 N–H and O–H groups in total. The number of β-lactam (4-membered cyclic amide) rings is 1. The number of thioether (sulfide) groups is 1. The molecule has 128 valence electrons. The van der Waals surface area contributed by atoms with Gasteiger partial charge in [-0.15, -0.1) is 23.4 Å². The topological polar surface area (TPSA) is 113 Å². The average Bonchev–Trinajstić information content (AvgIpc) is 2.59. The molecule has 2 amide bonds. The predicted molar refractivity (Wildman–Crippen MR) is 89.5 cm³/mol. The summed E-state index contributed by atoms with van der Waals surface area (Å²) in [6, 6.07) is 6.08. The van der Waals surface area contributed by atoms with Crippen LogP contribution in [0.25, 0.3) is 0 Å². The zero-order chi connectivity index (χ0) is 17.4. The number of fused-ring (bicyclic) bond motifs is 1. The summed E-state index contributed by atoms with van der Waals surface area (Å²) in [4.78, 5) is 37.1. The molecule has 0 aliphatic carbocycles. The lowest BCUT2D eigenvalue weighted by Crippen LogP contribution is -2.76. The van der Waals surface area contributed by atoms with Crippen molar-refractivity contribution in [2.24, 2.45) is 5.73 Å². The molecule has 2 heterocycles. The Balaban J connectivity index is 1.68. The molecule has 1 aromatic rings. The minimum absolute atomic E-state index is 0.393. The molecule has 2 saturated heterocycles. The number of carbonyl (C=O) groups excluding carboxylic acids is 2. The van der Waals surface area contributed by atoms with E-state index in [0.29, 0.717) is 11.3 Å². The fraction of sp³-hybridized carbons (Fsp3) is 0.400. The Hall–Kier alpha value is -1.77. The molecule has 2 aliphatic rings. The Kier molecular flexibility index (Phi) is 4.71. The summed E-state index contributed by atoms with van der Waals surface area (Å²) in [6.45, 7) is 0. The normalized spacial score (nSPS) is 30.1. The lowest BCUT2D eigenvalue weighted by Gasteiger charge is -2.53. The molecule has 24 heavy (non-hydrogen) atoms. The van der Waals surface area contributed by atoms with E-state index in [4.69, 9.17) is 17.3 Å². The molecule has 0 bridgehead atoms. The largest absolute Gasteiger partial charge is 0.480 e. The van der Waals surface area contributed by atoms with Gasteiger partial charge in [0, 0.05) is 5.75 Å². The molecule has 2 fully saturated rings. The first-order valence-electron chi connectivity index (χ1n) is 7.33. The molecular formula is C15H16ClN3O4S. The molecule has 2 unspecified atom stereocenters. The lowest BCUT2D eigenvalue weighted by atomic mass is 9.99. The number of carboxylic acid groups (broad SMARTS) is 1. The highest BCUT2D eigenvalue weighted by Gasteiger charge is 2.57. The highest BCUT2D eigenvalue weighted by Crippen LogP contribution is 2.40. The number of nitrogens with two attached hydrogens (primary N) is 1. The van der Waals surface area contributed by atoms with E-state index in [0.717, 1.165) is 0 Å². The fourth-order valence-corrected chi connectivity index (χ4v) is 4.66. The molecule has 7 nitrogen and oxygen atoms in total. The van der Waals surface area contributed by atoms with Gasteiger partial charge in [0.2, 0.25) is 11.8 Å². The van der Waals surface area contributed by atoms with Crippen molar-refractivity contribution >= 4 is 41.1 Å². The Labute approximate surface area is 147 Å². The summed E-state index contributed by atoms with van der Waals surface area (Å²) in [5, 5.41) is 10.8. The maximum atomic E-state index is 12.3. The van der Waals surface area contributed by atoms with Gasteiger partial charge in [-0.1, -0.05) is 30.3 Å². The molecule has 1 aromatic carbocycles. The second kappa shape index (κ2) is 6.62. The van der Waals surface area contributed by atoms with Crippen LogP contribution < -0.4 is 11.1 Å². The zero-order valence-corrected chi connectivity index (χ0v) is 14.0. The quantitative estimate of drug-likeness (QED) is 0.514. The standard InChI is InChI=1S/C15H16ClN3O4S/c16-8-6-24-14-10(13(21)19(14)11(8)15(22)23)18-12(20)9(17)7-4-2-1-3-5-7/h1-5,8-11,14H,6,17H2,(H,18,20)(H,22,23)/t8?,9-,10-,11?,14-/m1/s1. The molecule has 5 atom stereocenters. The van der Waals surface area contributed by atoms with Crippen molar-refractivity contribution in [3.63, 3.8) is 0 Å². The van der Waals surface area contributed by atoms with Crippen LogP contribution in [-0.2, 0) is 14.4 Å². The summed E-state index contributed by atoms with van der Waals surface area (Å²) < 4.78 is 0. The lowest BCUT2D eigenvalue weighted by molar-refractivity contribution is -0.162. The van der Waals surface area contributed by atoms with Crippen molar-refractivity contribution in [2.75, 3.05) is 5.75 Å². The number of alkyl halides is 1. The highest BCUT2D eigenvalue weighted by molar-refractivity contribution is 8.00. The fourth-order valence-electron chi connectivity index (χ4n) is 2.88. The molecule has 0 radical (unpaired) electrons. The van der Waals surface area contributed by atoms with Crippen molar-refractivity contribution in [3.8, 4) is 0 Å². The number of halogens is 1. The first kappa shape index (κ1) is 17.1. The molecule has 2 aliphatic heterocycles. The summed E-state index contributed by atoms with van der Waals surface area (Å²) in [5.74, 6) is -1.66. The van der Waals surface area contributed by atoms with Gasteiger partial charge in [-0.2, -0.15) is 0 Å². The second-order valence-electron chi connectivity index (χ2n) is 5.64. The number of carbonyl (C=O) groups is 3. The van der Waals surface area contributed by atoms with Gasteiger partial charge in [0.25, 0.3) is 0 Å². The first-order valence-corrected chi connectivity index (χ1v) is 8.82. The second-order valence-corrected chi connectivity index (χ2v) is 7.35. The minimum atomic E-state index is -1.14. The monoisotopic (exact) mass is 369 g/mol. The van der Waals surface area contributed by atoms with Gasteiger partial charge in [0.15, 0.2) is 0 Å². The molecule has 0 saturated carbocycles. The molecule has 0 spiro atoms. The predicted octanol–water partition coefficient (Wildman–Crippen LogP) is 0.147. The minimum Gasteiger partial charge on any atom is -0.480 e. The zero-order valence-electron chi connectivity index (χ0n) is 12.5. The van der Waals surface area contributed by atoms with Crippen molar-refractivity contribution < 1.29 is 19.5 Å². The van der Waals surface area contributed by atoms with Crippen LogP contribution in [0.15, 0.2) is 30.3 Å². The van der Waals surface area contributed by atoms with E-state index in [9.17, 15) is 19.5 Å². The number of hydrogen-bond donors (Lipinski definition) is 3. The van der Waals surface area contributed by atoms with Gasteiger partial charge < -0.3 is 21.1 Å². The first-order chi connectivity index (χ1) is 11.4. The van der Waals surface area contributed by atoms with Gasteiger partial charge in [0.1, 0.15) is 23.5 Å². The van der Waals surface area contributed by atoms with E-state index >= 15 is 0 Å². The van der Waals surface area contributed by atoms with E-state index in [1.807, 2.05) is 6.07 Å². The maximum Gasteiger partial charge on any atom is 0.328 e. The number of hydrogen-bond acceptors (Lipinski definition) is 5. The number of benzene rings is 1. The van der Waals surface area contributed by atoms with E-state index in [1.165, 1.54) is 16.7 Å². The third-order valence-corrected chi connectivity index (χ3v) is 6.11.